The van der Waals surface area contributed by atoms with Gasteiger partial charge in [-0.3, -0.25) is 0 Å². The van der Waals surface area contributed by atoms with Crippen molar-refractivity contribution in [3.63, 3.8) is 0 Å². The van der Waals surface area contributed by atoms with E-state index >= 15 is 0 Å². The fourth-order valence-electron chi connectivity index (χ4n) is 2.18. The monoisotopic (exact) mass is 267 g/mol. The maximum Gasteiger partial charge on any atom is 0.191 e. The molecule has 0 radical (unpaired) electrons. The molecule has 5 nitrogen and oxygen atoms in total. The molecular weight excluding hydrogens is 246 g/mol. The molecule has 0 aromatic carbocycles. The topological polar surface area (TPSA) is 75.9 Å². The molecular formula is C12H21N5S. The first-order chi connectivity index (χ1) is 8.71. The minimum atomic E-state index is 0.509. The Balaban J connectivity index is 2.00. The Morgan fingerprint density at radius 2 is 2.11 bits per heavy atom. The van der Waals surface area contributed by atoms with E-state index in [2.05, 4.69) is 27.6 Å². The Kier molecular flexibility index (Phi) is 4.29. The second-order valence-corrected chi connectivity index (χ2v) is 5.65. The molecule has 0 aliphatic heterocycles. The average Bonchev–Trinajstić information content (AvgIpc) is 3.16. The second kappa shape index (κ2) is 5.75. The third-order valence-corrected chi connectivity index (χ3v) is 3.97. The number of nitrogens with one attached hydrogen (secondary N) is 2. The van der Waals surface area contributed by atoms with E-state index in [1.165, 1.54) is 37.4 Å². The number of nitrogen functional groups attached to an aromatic ring is 1. The van der Waals surface area contributed by atoms with Crippen LogP contribution in [0.25, 0.3) is 0 Å². The van der Waals surface area contributed by atoms with Crippen LogP contribution in [0.15, 0.2) is 11.2 Å². The maximum atomic E-state index is 5.41. The first-order valence-electron chi connectivity index (χ1n) is 6.35. The molecule has 0 unspecified atom stereocenters. The van der Waals surface area contributed by atoms with Gasteiger partial charge in [0.2, 0.25) is 0 Å². The van der Waals surface area contributed by atoms with Crippen molar-refractivity contribution in [1.29, 1.82) is 0 Å². The van der Waals surface area contributed by atoms with Crippen molar-refractivity contribution in [2.75, 3.05) is 23.5 Å². The third kappa shape index (κ3) is 3.26. The molecule has 0 atom stereocenters. The van der Waals surface area contributed by atoms with E-state index in [4.69, 9.17) is 5.84 Å². The summed E-state index contributed by atoms with van der Waals surface area (Å²) in [7, 11) is 0. The van der Waals surface area contributed by atoms with Crippen LogP contribution >= 0.6 is 11.8 Å². The van der Waals surface area contributed by atoms with E-state index in [1.54, 1.807) is 0 Å². The Morgan fingerprint density at radius 3 is 2.67 bits per heavy atom. The van der Waals surface area contributed by atoms with Crippen molar-refractivity contribution in [3.05, 3.63) is 6.07 Å². The predicted molar refractivity (Wildman–Crippen MR) is 76.7 cm³/mol. The molecule has 0 amide bonds. The van der Waals surface area contributed by atoms with Crippen LogP contribution in [-0.4, -0.2) is 22.8 Å². The molecule has 100 valence electrons. The SMILES string of the molecule is CCCC1(CNc2cc(NN)nc(SC)n2)CC1. The van der Waals surface area contributed by atoms with Gasteiger partial charge in [0.1, 0.15) is 11.6 Å². The van der Waals surface area contributed by atoms with Crippen LogP contribution in [0.4, 0.5) is 11.6 Å². The summed E-state index contributed by atoms with van der Waals surface area (Å²) in [6.45, 7) is 3.24. The van der Waals surface area contributed by atoms with Gasteiger partial charge in [-0.05, 0) is 30.9 Å². The van der Waals surface area contributed by atoms with Crippen molar-refractivity contribution in [1.82, 2.24) is 9.97 Å². The van der Waals surface area contributed by atoms with Crippen molar-refractivity contribution in [2.45, 2.75) is 37.8 Å². The zero-order valence-electron chi connectivity index (χ0n) is 11.0. The number of hydrogen-bond donors (Lipinski definition) is 3. The average molecular weight is 267 g/mol. The molecule has 0 spiro atoms. The fraction of sp³-hybridized carbons (Fsp3) is 0.667. The summed E-state index contributed by atoms with van der Waals surface area (Å²) in [4.78, 5) is 8.68. The van der Waals surface area contributed by atoms with Gasteiger partial charge < -0.3 is 10.7 Å². The summed E-state index contributed by atoms with van der Waals surface area (Å²) in [5.74, 6) is 6.91. The van der Waals surface area contributed by atoms with Gasteiger partial charge in [-0.1, -0.05) is 25.1 Å². The molecule has 1 aliphatic carbocycles. The highest BCUT2D eigenvalue weighted by atomic mass is 32.2. The van der Waals surface area contributed by atoms with E-state index in [1.807, 2.05) is 12.3 Å². The lowest BCUT2D eigenvalue weighted by atomic mass is 10.0. The zero-order chi connectivity index (χ0) is 13.0. The normalized spacial score (nSPS) is 16.4. The molecule has 0 bridgehead atoms. The van der Waals surface area contributed by atoms with E-state index < -0.39 is 0 Å². The molecule has 1 aliphatic rings. The minimum Gasteiger partial charge on any atom is -0.369 e. The summed E-state index contributed by atoms with van der Waals surface area (Å²) in [5, 5.41) is 4.15. The van der Waals surface area contributed by atoms with Crippen LogP contribution in [0.3, 0.4) is 0 Å². The van der Waals surface area contributed by atoms with Gasteiger partial charge >= 0.3 is 0 Å². The van der Waals surface area contributed by atoms with Gasteiger partial charge in [-0.15, -0.1) is 0 Å². The molecule has 6 heteroatoms. The second-order valence-electron chi connectivity index (χ2n) is 4.87. The van der Waals surface area contributed by atoms with Crippen molar-refractivity contribution in [2.24, 2.45) is 11.3 Å². The van der Waals surface area contributed by atoms with Crippen molar-refractivity contribution >= 4 is 23.4 Å². The number of rotatable bonds is 7. The van der Waals surface area contributed by atoms with Gasteiger partial charge in [0, 0.05) is 12.6 Å². The van der Waals surface area contributed by atoms with E-state index in [9.17, 15) is 0 Å². The lowest BCUT2D eigenvalue weighted by molar-refractivity contribution is 0.485. The van der Waals surface area contributed by atoms with Gasteiger partial charge in [-0.2, -0.15) is 0 Å². The van der Waals surface area contributed by atoms with Crippen LogP contribution < -0.4 is 16.6 Å². The van der Waals surface area contributed by atoms with Crippen LogP contribution in [0, 0.1) is 5.41 Å². The van der Waals surface area contributed by atoms with Crippen molar-refractivity contribution in [3.8, 4) is 0 Å². The zero-order valence-corrected chi connectivity index (χ0v) is 11.8. The Morgan fingerprint density at radius 1 is 1.39 bits per heavy atom. The number of thioether (sulfide) groups is 1. The predicted octanol–water partition coefficient (Wildman–Crippen LogP) is 2.48. The maximum absolute atomic E-state index is 5.41. The third-order valence-electron chi connectivity index (χ3n) is 3.42. The lowest BCUT2D eigenvalue weighted by Crippen LogP contribution is -2.17. The quantitative estimate of drug-likeness (QED) is 0.305. The van der Waals surface area contributed by atoms with E-state index in [-0.39, 0.29) is 0 Å². The first-order valence-corrected chi connectivity index (χ1v) is 7.57. The molecule has 0 saturated heterocycles. The number of aromatic nitrogens is 2. The summed E-state index contributed by atoms with van der Waals surface area (Å²) in [6.07, 6.45) is 7.16. The van der Waals surface area contributed by atoms with Gasteiger partial charge in [-0.25, -0.2) is 15.8 Å². The standard InChI is InChI=1S/C12H21N5S/c1-3-4-12(5-6-12)8-14-9-7-10(17-13)16-11(15-9)18-2/h7H,3-6,8,13H2,1-2H3,(H2,14,15,16,17). The molecule has 1 fully saturated rings. The summed E-state index contributed by atoms with van der Waals surface area (Å²) >= 11 is 1.51. The first kappa shape index (κ1) is 13.4. The molecule has 18 heavy (non-hydrogen) atoms. The Hall–Kier alpha value is -1.01. The highest BCUT2D eigenvalue weighted by Gasteiger charge is 2.41. The molecule has 1 aromatic heterocycles. The summed E-state index contributed by atoms with van der Waals surface area (Å²) < 4.78 is 0. The van der Waals surface area contributed by atoms with Crippen LogP contribution in [-0.2, 0) is 0 Å². The smallest absolute Gasteiger partial charge is 0.191 e. The van der Waals surface area contributed by atoms with Crippen LogP contribution in [0.5, 0.6) is 0 Å². The summed E-state index contributed by atoms with van der Waals surface area (Å²) in [6, 6.07) is 1.85. The van der Waals surface area contributed by atoms with E-state index in [0.29, 0.717) is 11.2 Å². The molecule has 1 aromatic rings. The lowest BCUT2D eigenvalue weighted by Gasteiger charge is -2.16. The van der Waals surface area contributed by atoms with E-state index in [0.717, 1.165) is 17.5 Å². The van der Waals surface area contributed by atoms with Gasteiger partial charge in [0.15, 0.2) is 5.16 Å². The minimum absolute atomic E-state index is 0.509. The number of nitrogens with zero attached hydrogens (tertiary/aromatic N) is 2. The van der Waals surface area contributed by atoms with Gasteiger partial charge in [0.05, 0.1) is 0 Å². The number of anilines is 2. The fourth-order valence-corrected chi connectivity index (χ4v) is 2.56. The van der Waals surface area contributed by atoms with Crippen LogP contribution in [0.1, 0.15) is 32.6 Å². The summed E-state index contributed by atoms with van der Waals surface area (Å²) in [5.41, 5.74) is 3.09. The van der Waals surface area contributed by atoms with Crippen LogP contribution in [0.2, 0.25) is 0 Å². The highest BCUT2D eigenvalue weighted by molar-refractivity contribution is 7.98. The number of hydrazine groups is 1. The molecule has 4 N–H and O–H groups in total. The van der Waals surface area contributed by atoms with Crippen molar-refractivity contribution < 1.29 is 0 Å². The molecule has 1 heterocycles. The highest BCUT2D eigenvalue weighted by Crippen LogP contribution is 2.49. The number of nitrogens with two attached hydrogens (primary N) is 1. The molecule has 1 saturated carbocycles. The molecule has 2 rings (SSSR count). The Bertz CT molecular complexity index is 383. The Labute approximate surface area is 112 Å². The number of hydrogen-bond acceptors (Lipinski definition) is 6. The largest absolute Gasteiger partial charge is 0.369 e. The van der Waals surface area contributed by atoms with Gasteiger partial charge in [0.25, 0.3) is 0 Å².